The van der Waals surface area contributed by atoms with Gasteiger partial charge in [-0.3, -0.25) is 4.79 Å². The highest BCUT2D eigenvalue weighted by atomic mass is 16.4. The summed E-state index contributed by atoms with van der Waals surface area (Å²) in [6, 6.07) is 6.86. The van der Waals surface area contributed by atoms with Gasteiger partial charge >= 0.3 is 11.7 Å². The number of aromatic nitrogens is 2. The van der Waals surface area contributed by atoms with Gasteiger partial charge < -0.3 is 10.1 Å². The van der Waals surface area contributed by atoms with E-state index in [4.69, 9.17) is 5.11 Å². The van der Waals surface area contributed by atoms with Gasteiger partial charge in [-0.25, -0.2) is 14.2 Å². The molecule has 0 spiro atoms. The molecule has 2 rings (SSSR count). The predicted octanol–water partition coefficient (Wildman–Crippen LogP) is 1.35. The summed E-state index contributed by atoms with van der Waals surface area (Å²) in [5, 5.41) is 8.91. The lowest BCUT2D eigenvalue weighted by Crippen LogP contribution is -2.36. The first-order valence-corrected chi connectivity index (χ1v) is 6.10. The first-order valence-electron chi connectivity index (χ1n) is 6.10. The molecule has 2 N–H and O–H groups in total. The van der Waals surface area contributed by atoms with E-state index in [0.717, 1.165) is 16.3 Å². The molecule has 0 unspecified atom stereocenters. The van der Waals surface area contributed by atoms with Gasteiger partial charge in [0.2, 0.25) is 0 Å². The molecule has 20 heavy (non-hydrogen) atoms. The Morgan fingerprint density at radius 1 is 1.20 bits per heavy atom. The molecule has 1 heterocycles. The van der Waals surface area contributed by atoms with E-state index in [1.165, 1.54) is 0 Å². The molecule has 6 heteroatoms. The summed E-state index contributed by atoms with van der Waals surface area (Å²) in [7, 11) is 0. The Labute approximate surface area is 114 Å². The van der Waals surface area contributed by atoms with Gasteiger partial charge in [-0.15, -0.1) is 0 Å². The summed E-state index contributed by atoms with van der Waals surface area (Å²) in [6.45, 7) is 4.05. The van der Waals surface area contributed by atoms with Gasteiger partial charge in [0, 0.05) is 6.20 Å². The summed E-state index contributed by atoms with van der Waals surface area (Å²) in [4.78, 5) is 36.9. The highest BCUT2D eigenvalue weighted by Gasteiger charge is 2.14. The number of nitrogens with one attached hydrogen (secondary N) is 1. The lowest BCUT2D eigenvalue weighted by Gasteiger charge is -2.08. The molecule has 0 aliphatic carbocycles. The second-order valence-corrected chi connectivity index (χ2v) is 4.70. The van der Waals surface area contributed by atoms with Crippen molar-refractivity contribution in [1.29, 1.82) is 0 Å². The largest absolute Gasteiger partial charge is 0.477 e. The Morgan fingerprint density at radius 2 is 1.80 bits per heavy atom. The number of nitrogens with zero attached hydrogens (tertiary/aromatic N) is 1. The van der Waals surface area contributed by atoms with Crippen molar-refractivity contribution < 1.29 is 9.90 Å². The number of aromatic carboxylic acids is 1. The van der Waals surface area contributed by atoms with E-state index in [1.54, 1.807) is 24.3 Å². The summed E-state index contributed by atoms with van der Waals surface area (Å²) in [6.07, 6.45) is 0.909. The lowest BCUT2D eigenvalue weighted by atomic mass is 10.0. The van der Waals surface area contributed by atoms with E-state index in [9.17, 15) is 14.4 Å². The Morgan fingerprint density at radius 3 is 2.30 bits per heavy atom. The first kappa shape index (κ1) is 13.8. The van der Waals surface area contributed by atoms with Crippen LogP contribution in [0.3, 0.4) is 0 Å². The van der Waals surface area contributed by atoms with Crippen molar-refractivity contribution in [3.63, 3.8) is 0 Å². The van der Waals surface area contributed by atoms with Crippen molar-refractivity contribution in [1.82, 2.24) is 9.55 Å². The second kappa shape index (κ2) is 5.16. The smallest absolute Gasteiger partial charge is 0.342 e. The maximum Gasteiger partial charge on any atom is 0.342 e. The zero-order valence-corrected chi connectivity index (χ0v) is 11.1. The van der Waals surface area contributed by atoms with Crippen LogP contribution >= 0.6 is 0 Å². The Balaban J connectivity index is 2.63. The van der Waals surface area contributed by atoms with E-state index in [2.05, 4.69) is 4.98 Å². The average molecular weight is 274 g/mol. The van der Waals surface area contributed by atoms with Crippen LogP contribution in [0.1, 0.15) is 35.7 Å². The topological polar surface area (TPSA) is 92.2 Å². The summed E-state index contributed by atoms with van der Waals surface area (Å²) >= 11 is 0. The van der Waals surface area contributed by atoms with E-state index in [1.807, 2.05) is 13.8 Å². The Hall–Kier alpha value is -2.63. The molecule has 0 amide bonds. The molecular weight excluding hydrogens is 260 g/mol. The molecule has 0 saturated carbocycles. The number of carboxylic acids is 1. The molecule has 0 aliphatic heterocycles. The van der Waals surface area contributed by atoms with Gasteiger partial charge in [-0.05, 0) is 23.6 Å². The van der Waals surface area contributed by atoms with Crippen LogP contribution in [0.25, 0.3) is 5.69 Å². The van der Waals surface area contributed by atoms with Crippen molar-refractivity contribution in [2.75, 3.05) is 0 Å². The lowest BCUT2D eigenvalue weighted by molar-refractivity contribution is 0.0694. The van der Waals surface area contributed by atoms with Gasteiger partial charge in [0.15, 0.2) is 0 Å². The minimum Gasteiger partial charge on any atom is -0.477 e. The molecule has 0 atom stereocenters. The molecule has 0 saturated heterocycles. The number of H-pyrrole nitrogens is 1. The SMILES string of the molecule is CC(C)c1ccc(-n2c(=O)[nH]cc(C(=O)O)c2=O)cc1. The normalized spacial score (nSPS) is 10.8. The number of hydrogen-bond acceptors (Lipinski definition) is 3. The summed E-state index contributed by atoms with van der Waals surface area (Å²) in [5.41, 5.74) is -0.593. The van der Waals surface area contributed by atoms with E-state index in [-0.39, 0.29) is 0 Å². The number of rotatable bonds is 3. The average Bonchev–Trinajstić information content (AvgIpc) is 2.38. The van der Waals surface area contributed by atoms with Gasteiger partial charge in [0.25, 0.3) is 5.56 Å². The minimum absolute atomic E-state index is 0.324. The second-order valence-electron chi connectivity index (χ2n) is 4.70. The van der Waals surface area contributed by atoms with Crippen LogP contribution in [0.4, 0.5) is 0 Å². The van der Waals surface area contributed by atoms with Crippen molar-refractivity contribution >= 4 is 5.97 Å². The van der Waals surface area contributed by atoms with Crippen LogP contribution in [-0.4, -0.2) is 20.6 Å². The number of carboxylic acid groups (broad SMARTS) is 1. The van der Waals surface area contributed by atoms with Crippen LogP contribution in [0, 0.1) is 0 Å². The van der Waals surface area contributed by atoms with Crippen molar-refractivity contribution in [2.24, 2.45) is 0 Å². The van der Waals surface area contributed by atoms with E-state index >= 15 is 0 Å². The van der Waals surface area contributed by atoms with Gasteiger partial charge in [0.1, 0.15) is 5.56 Å². The molecule has 0 radical (unpaired) electrons. The quantitative estimate of drug-likeness (QED) is 0.883. The minimum atomic E-state index is -1.38. The standard InChI is InChI=1S/C14H14N2O4/c1-8(2)9-3-5-10(6-4-9)16-12(17)11(13(18)19)7-15-14(16)20/h3-8H,1-2H3,(H,15,20)(H,18,19). The number of hydrogen-bond donors (Lipinski definition) is 2. The van der Waals surface area contributed by atoms with Crippen molar-refractivity contribution in [3.8, 4) is 5.69 Å². The zero-order valence-electron chi connectivity index (χ0n) is 11.1. The monoisotopic (exact) mass is 274 g/mol. The molecular formula is C14H14N2O4. The van der Waals surface area contributed by atoms with Crippen LogP contribution in [0.5, 0.6) is 0 Å². The van der Waals surface area contributed by atoms with Gasteiger partial charge in [0.05, 0.1) is 5.69 Å². The van der Waals surface area contributed by atoms with Gasteiger partial charge in [-0.2, -0.15) is 0 Å². The van der Waals surface area contributed by atoms with E-state index in [0.29, 0.717) is 11.6 Å². The highest BCUT2D eigenvalue weighted by Crippen LogP contribution is 2.15. The molecule has 1 aromatic heterocycles. The molecule has 1 aromatic carbocycles. The maximum atomic E-state index is 12.0. The van der Waals surface area contributed by atoms with E-state index < -0.39 is 22.8 Å². The maximum absolute atomic E-state index is 12.0. The number of aromatic amines is 1. The third-order valence-electron chi connectivity index (χ3n) is 3.02. The molecule has 2 aromatic rings. The molecule has 0 bridgehead atoms. The Bertz CT molecular complexity index is 754. The third kappa shape index (κ3) is 2.40. The highest BCUT2D eigenvalue weighted by molar-refractivity contribution is 5.86. The fourth-order valence-electron chi connectivity index (χ4n) is 1.87. The number of carbonyl (C=O) groups is 1. The molecule has 0 fully saturated rings. The van der Waals surface area contributed by atoms with Gasteiger partial charge in [-0.1, -0.05) is 26.0 Å². The fraction of sp³-hybridized carbons (Fsp3) is 0.214. The third-order valence-corrected chi connectivity index (χ3v) is 3.02. The number of benzene rings is 1. The van der Waals surface area contributed by atoms with Crippen LogP contribution in [-0.2, 0) is 0 Å². The summed E-state index contributed by atoms with van der Waals surface area (Å²) < 4.78 is 0.813. The summed E-state index contributed by atoms with van der Waals surface area (Å²) in [5.74, 6) is -1.05. The first-order chi connectivity index (χ1) is 9.41. The van der Waals surface area contributed by atoms with Crippen molar-refractivity contribution in [2.45, 2.75) is 19.8 Å². The van der Waals surface area contributed by atoms with Crippen molar-refractivity contribution in [3.05, 3.63) is 62.4 Å². The van der Waals surface area contributed by atoms with Crippen LogP contribution in [0.2, 0.25) is 0 Å². The molecule has 0 aliphatic rings. The van der Waals surface area contributed by atoms with Crippen LogP contribution < -0.4 is 11.2 Å². The predicted molar refractivity (Wildman–Crippen MR) is 73.7 cm³/mol. The molecule has 104 valence electrons. The van der Waals surface area contributed by atoms with Crippen LogP contribution in [0.15, 0.2) is 40.1 Å². The fourth-order valence-corrected chi connectivity index (χ4v) is 1.87. The molecule has 6 nitrogen and oxygen atoms in total. The zero-order chi connectivity index (χ0) is 14.9. The Kier molecular flexibility index (Phi) is 3.56.